The summed E-state index contributed by atoms with van der Waals surface area (Å²) in [5, 5.41) is 3.34. The molecule has 0 atom stereocenters. The van der Waals surface area contributed by atoms with E-state index in [1.54, 1.807) is 6.20 Å². The van der Waals surface area contributed by atoms with Crippen molar-refractivity contribution in [3.05, 3.63) is 42.6 Å². The second-order valence-electron chi connectivity index (χ2n) is 5.23. The average Bonchev–Trinajstić information content (AvgIpc) is 2.83. The maximum Gasteiger partial charge on any atom is 0.138 e. The highest BCUT2D eigenvalue weighted by Gasteiger charge is 2.17. The molecule has 0 spiro atoms. The van der Waals surface area contributed by atoms with Gasteiger partial charge in [0.25, 0.3) is 0 Å². The van der Waals surface area contributed by atoms with Crippen molar-refractivity contribution in [2.45, 2.75) is 13.3 Å². The molecule has 0 amide bonds. The number of hydrogen-bond donors (Lipinski definition) is 1. The summed E-state index contributed by atoms with van der Waals surface area (Å²) in [6.45, 7) is 4.08. The minimum Gasteiger partial charge on any atom is -0.356 e. The van der Waals surface area contributed by atoms with Gasteiger partial charge in [0.05, 0.1) is 0 Å². The van der Waals surface area contributed by atoms with Crippen molar-refractivity contribution in [3.63, 3.8) is 0 Å². The van der Waals surface area contributed by atoms with Gasteiger partial charge in [-0.15, -0.1) is 0 Å². The lowest BCUT2D eigenvalue weighted by Crippen LogP contribution is -2.37. The van der Waals surface area contributed by atoms with Gasteiger partial charge >= 0.3 is 0 Å². The van der Waals surface area contributed by atoms with Crippen LogP contribution in [0.5, 0.6) is 0 Å². The Balaban J connectivity index is 1.64. The summed E-state index contributed by atoms with van der Waals surface area (Å²) >= 11 is 0. The highest BCUT2D eigenvalue weighted by atomic mass is 15.2. The summed E-state index contributed by atoms with van der Waals surface area (Å²) in [4.78, 5) is 15.5. The van der Waals surface area contributed by atoms with Crippen molar-refractivity contribution in [2.24, 2.45) is 0 Å². The molecule has 0 radical (unpaired) electrons. The molecule has 1 aliphatic rings. The van der Waals surface area contributed by atoms with Crippen LogP contribution in [-0.4, -0.2) is 32.4 Å². The third kappa shape index (κ3) is 2.29. The van der Waals surface area contributed by atoms with Crippen molar-refractivity contribution in [1.29, 1.82) is 0 Å². The Morgan fingerprint density at radius 2 is 2.05 bits per heavy atom. The first-order chi connectivity index (χ1) is 10.3. The van der Waals surface area contributed by atoms with E-state index >= 15 is 0 Å². The monoisotopic (exact) mass is 280 g/mol. The van der Waals surface area contributed by atoms with Crippen LogP contribution in [0.15, 0.2) is 36.8 Å². The van der Waals surface area contributed by atoms with Crippen LogP contribution in [0.3, 0.4) is 0 Å². The van der Waals surface area contributed by atoms with Gasteiger partial charge in [0.2, 0.25) is 0 Å². The van der Waals surface area contributed by atoms with Gasteiger partial charge in [-0.3, -0.25) is 0 Å². The van der Waals surface area contributed by atoms with Crippen molar-refractivity contribution in [2.75, 3.05) is 23.3 Å². The number of pyridine rings is 1. The Morgan fingerprint density at radius 3 is 2.86 bits per heavy atom. The second kappa shape index (κ2) is 4.73. The summed E-state index contributed by atoms with van der Waals surface area (Å²) < 4.78 is 1.97. The van der Waals surface area contributed by atoms with Crippen LogP contribution in [0.25, 0.3) is 5.65 Å². The number of rotatable bonds is 3. The van der Waals surface area contributed by atoms with Gasteiger partial charge in [-0.1, -0.05) is 0 Å². The summed E-state index contributed by atoms with van der Waals surface area (Å²) in [6.07, 6.45) is 6.93. The third-order valence-electron chi connectivity index (χ3n) is 3.67. The largest absolute Gasteiger partial charge is 0.356 e. The molecule has 0 aliphatic carbocycles. The quantitative estimate of drug-likeness (QED) is 0.798. The van der Waals surface area contributed by atoms with Crippen LogP contribution in [0, 0.1) is 6.92 Å². The lowest BCUT2D eigenvalue weighted by atomic mass is 10.2. The van der Waals surface area contributed by atoms with Crippen molar-refractivity contribution in [1.82, 2.24) is 19.4 Å². The van der Waals surface area contributed by atoms with Crippen LogP contribution in [0.2, 0.25) is 0 Å². The smallest absolute Gasteiger partial charge is 0.138 e. The molecule has 1 saturated heterocycles. The van der Waals surface area contributed by atoms with Gasteiger partial charge in [0, 0.05) is 49.5 Å². The van der Waals surface area contributed by atoms with Crippen LogP contribution >= 0.6 is 0 Å². The first kappa shape index (κ1) is 12.1. The zero-order chi connectivity index (χ0) is 14.2. The number of nitrogens with one attached hydrogen (secondary N) is 1. The normalized spacial score (nSPS) is 14.2. The Hall–Kier alpha value is -2.63. The molecule has 6 heteroatoms. The van der Waals surface area contributed by atoms with E-state index in [4.69, 9.17) is 0 Å². The van der Waals surface area contributed by atoms with E-state index in [1.807, 2.05) is 41.9 Å². The van der Waals surface area contributed by atoms with Gasteiger partial charge in [0.1, 0.15) is 23.1 Å². The molecule has 3 aromatic rings. The van der Waals surface area contributed by atoms with Gasteiger partial charge in [0.15, 0.2) is 0 Å². The summed E-state index contributed by atoms with van der Waals surface area (Å²) in [5.41, 5.74) is 1.88. The molecule has 4 heterocycles. The molecule has 1 aliphatic heterocycles. The summed E-state index contributed by atoms with van der Waals surface area (Å²) in [7, 11) is 0. The predicted octanol–water partition coefficient (Wildman–Crippen LogP) is 2.39. The summed E-state index contributed by atoms with van der Waals surface area (Å²) in [5.74, 6) is 2.60. The predicted molar refractivity (Wildman–Crippen MR) is 82.1 cm³/mol. The zero-order valence-corrected chi connectivity index (χ0v) is 11.8. The molecule has 106 valence electrons. The SMILES string of the molecule is Cc1nc(Nc2ccn3ccnc3c2)cc(N2CCC2)n1. The van der Waals surface area contributed by atoms with Crippen molar-refractivity contribution < 1.29 is 0 Å². The molecular weight excluding hydrogens is 264 g/mol. The van der Waals surface area contributed by atoms with Crippen LogP contribution in [0.4, 0.5) is 17.3 Å². The van der Waals surface area contributed by atoms with E-state index in [0.717, 1.165) is 41.9 Å². The number of imidazole rings is 1. The molecule has 4 rings (SSSR count). The van der Waals surface area contributed by atoms with Gasteiger partial charge < -0.3 is 14.6 Å². The number of hydrogen-bond acceptors (Lipinski definition) is 5. The molecule has 0 bridgehead atoms. The van der Waals surface area contributed by atoms with Gasteiger partial charge in [-0.2, -0.15) is 0 Å². The third-order valence-corrected chi connectivity index (χ3v) is 3.67. The standard InChI is InChI=1S/C15H16N6/c1-11-17-13(10-15(18-11)20-5-2-6-20)19-12-3-7-21-8-4-16-14(21)9-12/h3-4,7-10H,2,5-6H2,1H3,(H,17,18,19). The highest BCUT2D eigenvalue weighted by molar-refractivity contribution is 5.63. The molecule has 3 aromatic heterocycles. The average molecular weight is 280 g/mol. The molecule has 6 nitrogen and oxygen atoms in total. The number of aromatic nitrogens is 4. The van der Waals surface area contributed by atoms with E-state index in [2.05, 4.69) is 25.2 Å². The Labute approximate surface area is 122 Å². The van der Waals surface area contributed by atoms with E-state index in [1.165, 1.54) is 6.42 Å². The number of fused-ring (bicyclic) bond motifs is 1. The Bertz CT molecular complexity index is 790. The van der Waals surface area contributed by atoms with E-state index in [0.29, 0.717) is 0 Å². The first-order valence-electron chi connectivity index (χ1n) is 7.08. The van der Waals surface area contributed by atoms with Gasteiger partial charge in [-0.05, 0) is 19.4 Å². The molecule has 21 heavy (non-hydrogen) atoms. The molecule has 1 N–H and O–H groups in total. The maximum atomic E-state index is 4.50. The summed E-state index contributed by atoms with van der Waals surface area (Å²) in [6, 6.07) is 6.01. The molecule has 0 unspecified atom stereocenters. The topological polar surface area (TPSA) is 58.4 Å². The van der Waals surface area contributed by atoms with Crippen LogP contribution in [-0.2, 0) is 0 Å². The Kier molecular flexibility index (Phi) is 2.73. The minimum atomic E-state index is 0.781. The highest BCUT2D eigenvalue weighted by Crippen LogP contribution is 2.23. The maximum absolute atomic E-state index is 4.50. The minimum absolute atomic E-state index is 0.781. The fourth-order valence-corrected chi connectivity index (χ4v) is 2.46. The number of nitrogens with zero attached hydrogens (tertiary/aromatic N) is 5. The van der Waals surface area contributed by atoms with Crippen molar-refractivity contribution in [3.8, 4) is 0 Å². The van der Waals surface area contributed by atoms with E-state index in [-0.39, 0.29) is 0 Å². The van der Waals surface area contributed by atoms with Crippen LogP contribution < -0.4 is 10.2 Å². The van der Waals surface area contributed by atoms with Gasteiger partial charge in [-0.25, -0.2) is 15.0 Å². The second-order valence-corrected chi connectivity index (χ2v) is 5.23. The van der Waals surface area contributed by atoms with Crippen molar-refractivity contribution >= 4 is 23.0 Å². The molecular formula is C15H16N6. The van der Waals surface area contributed by atoms with Crippen LogP contribution in [0.1, 0.15) is 12.2 Å². The molecule has 0 saturated carbocycles. The number of anilines is 3. The first-order valence-corrected chi connectivity index (χ1v) is 7.08. The molecule has 0 aromatic carbocycles. The lowest BCUT2D eigenvalue weighted by Gasteiger charge is -2.32. The zero-order valence-electron chi connectivity index (χ0n) is 11.8. The van der Waals surface area contributed by atoms with E-state index in [9.17, 15) is 0 Å². The Morgan fingerprint density at radius 1 is 1.14 bits per heavy atom. The number of aryl methyl sites for hydroxylation is 1. The van der Waals surface area contributed by atoms with E-state index < -0.39 is 0 Å². The molecule has 1 fully saturated rings. The fourth-order valence-electron chi connectivity index (χ4n) is 2.46. The fraction of sp³-hybridized carbons (Fsp3) is 0.267. The lowest BCUT2D eigenvalue weighted by molar-refractivity contribution is 0.608.